The summed E-state index contributed by atoms with van der Waals surface area (Å²) in [7, 11) is 1.71. The fraction of sp³-hybridized carbons (Fsp3) is 0.900. The molecule has 0 fully saturated rings. The fourth-order valence-corrected chi connectivity index (χ4v) is 1.55. The normalized spacial score (nSPS) is 12.2. The number of hydrogen-bond donors (Lipinski definition) is 2. The van der Waals surface area contributed by atoms with Gasteiger partial charge in [0, 0.05) is 32.1 Å². The molecule has 0 aliphatic carbocycles. The molecule has 0 bridgehead atoms. The van der Waals surface area contributed by atoms with Crippen molar-refractivity contribution in [1.29, 1.82) is 0 Å². The van der Waals surface area contributed by atoms with Crippen LogP contribution in [0.2, 0.25) is 0 Å². The van der Waals surface area contributed by atoms with Crippen LogP contribution >= 0.6 is 24.0 Å². The molecule has 0 spiro atoms. The van der Waals surface area contributed by atoms with Crippen molar-refractivity contribution in [2.75, 3.05) is 33.1 Å². The lowest BCUT2D eigenvalue weighted by molar-refractivity contribution is 0.195. The van der Waals surface area contributed by atoms with E-state index in [0.29, 0.717) is 5.25 Å². The first-order valence-corrected chi connectivity index (χ1v) is 6.93. The van der Waals surface area contributed by atoms with Crippen LogP contribution in [0.4, 0.5) is 0 Å². The zero-order valence-electron chi connectivity index (χ0n) is 9.84. The Balaban J connectivity index is 3.26. The predicted molar refractivity (Wildman–Crippen MR) is 72.7 cm³/mol. The Morgan fingerprint density at radius 1 is 1.40 bits per heavy atom. The topological polar surface area (TPSA) is 33.3 Å². The van der Waals surface area contributed by atoms with Crippen LogP contribution < -0.4 is 10.6 Å². The lowest BCUT2D eigenvalue weighted by atomic mass is 10.3. The highest BCUT2D eigenvalue weighted by molar-refractivity contribution is 7.99. The van der Waals surface area contributed by atoms with Gasteiger partial charge in [0.05, 0.1) is 0 Å². The summed E-state index contributed by atoms with van der Waals surface area (Å²) in [5.41, 5.74) is 0. The van der Waals surface area contributed by atoms with E-state index in [2.05, 4.69) is 23.8 Å². The van der Waals surface area contributed by atoms with E-state index >= 15 is 0 Å². The van der Waals surface area contributed by atoms with Crippen molar-refractivity contribution in [2.45, 2.75) is 25.0 Å². The minimum absolute atomic E-state index is 0.689. The summed E-state index contributed by atoms with van der Waals surface area (Å²) in [5.74, 6) is 0. The molecule has 0 aromatic heterocycles. The van der Waals surface area contributed by atoms with Gasteiger partial charge in [-0.05, 0) is 31.3 Å². The molecule has 1 unspecified atom stereocenters. The second-order valence-corrected chi connectivity index (χ2v) is 5.05. The minimum Gasteiger partial charge on any atom is -0.385 e. The zero-order valence-corrected chi connectivity index (χ0v) is 11.5. The smallest absolute Gasteiger partial charge is 0.166 e. The highest BCUT2D eigenvalue weighted by Crippen LogP contribution is 2.07. The molecule has 0 aliphatic rings. The summed E-state index contributed by atoms with van der Waals surface area (Å²) in [4.78, 5) is 0. The molecule has 0 saturated carbocycles. The molecule has 0 amide bonds. The summed E-state index contributed by atoms with van der Waals surface area (Å²) in [6.07, 6.45) is 4.26. The summed E-state index contributed by atoms with van der Waals surface area (Å²) in [5, 5.41) is 7.77. The van der Waals surface area contributed by atoms with Gasteiger partial charge in [-0.2, -0.15) is 11.8 Å². The first kappa shape index (κ1) is 15.0. The maximum Gasteiger partial charge on any atom is 0.166 e. The van der Waals surface area contributed by atoms with Crippen LogP contribution in [0.3, 0.4) is 0 Å². The third-order valence-corrected chi connectivity index (χ3v) is 3.38. The highest BCUT2D eigenvalue weighted by Gasteiger charge is 1.99. The maximum absolute atomic E-state index is 5.12. The number of thiocarbonyl (C=S) groups is 1. The van der Waals surface area contributed by atoms with E-state index in [4.69, 9.17) is 17.0 Å². The molecular weight excluding hydrogens is 228 g/mol. The summed E-state index contributed by atoms with van der Waals surface area (Å²) >= 11 is 7.00. The Morgan fingerprint density at radius 2 is 2.07 bits per heavy atom. The lowest BCUT2D eigenvalue weighted by Crippen LogP contribution is -2.37. The first-order chi connectivity index (χ1) is 7.20. The average molecular weight is 250 g/mol. The van der Waals surface area contributed by atoms with Crippen LogP contribution in [0, 0.1) is 0 Å². The molecule has 0 aliphatic heterocycles. The number of ether oxygens (including phenoxy) is 1. The van der Waals surface area contributed by atoms with Gasteiger partial charge in [0.1, 0.15) is 0 Å². The van der Waals surface area contributed by atoms with Crippen molar-refractivity contribution in [3.63, 3.8) is 0 Å². The molecular formula is C10H22N2OS2. The van der Waals surface area contributed by atoms with Gasteiger partial charge in [-0.3, -0.25) is 0 Å². The molecule has 5 heteroatoms. The average Bonchev–Trinajstić information content (AvgIpc) is 2.24. The van der Waals surface area contributed by atoms with Gasteiger partial charge in [0.15, 0.2) is 5.11 Å². The summed E-state index contributed by atoms with van der Waals surface area (Å²) in [6.45, 7) is 4.82. The van der Waals surface area contributed by atoms with E-state index < -0.39 is 0 Å². The van der Waals surface area contributed by atoms with Gasteiger partial charge in [-0.25, -0.2) is 0 Å². The Bertz CT molecular complexity index is 168. The van der Waals surface area contributed by atoms with Crippen molar-refractivity contribution < 1.29 is 4.74 Å². The number of rotatable bonds is 8. The highest BCUT2D eigenvalue weighted by atomic mass is 32.2. The number of nitrogens with one attached hydrogen (secondary N) is 2. The van der Waals surface area contributed by atoms with Crippen LogP contribution in [-0.4, -0.2) is 43.4 Å². The summed E-state index contributed by atoms with van der Waals surface area (Å²) < 4.78 is 4.94. The second-order valence-electron chi connectivity index (χ2n) is 3.36. The maximum atomic E-state index is 5.12. The Labute approximate surface area is 103 Å². The van der Waals surface area contributed by atoms with Crippen LogP contribution in [0.1, 0.15) is 19.8 Å². The molecule has 0 saturated heterocycles. The first-order valence-electron chi connectivity index (χ1n) is 5.24. The largest absolute Gasteiger partial charge is 0.385 e. The third kappa shape index (κ3) is 10.3. The molecule has 1 atom stereocenters. The van der Waals surface area contributed by atoms with Gasteiger partial charge in [0.2, 0.25) is 0 Å². The Hall–Kier alpha value is 0. The van der Waals surface area contributed by atoms with E-state index in [0.717, 1.165) is 37.7 Å². The van der Waals surface area contributed by atoms with Gasteiger partial charge >= 0.3 is 0 Å². The third-order valence-electron chi connectivity index (χ3n) is 2.05. The molecule has 2 N–H and O–H groups in total. The van der Waals surface area contributed by atoms with Gasteiger partial charge in [0.25, 0.3) is 0 Å². The molecule has 3 nitrogen and oxygen atoms in total. The zero-order chi connectivity index (χ0) is 11.5. The van der Waals surface area contributed by atoms with E-state index in [1.165, 1.54) is 0 Å². The van der Waals surface area contributed by atoms with E-state index in [9.17, 15) is 0 Å². The second kappa shape index (κ2) is 10.5. The van der Waals surface area contributed by atoms with E-state index in [1.807, 2.05) is 11.8 Å². The quantitative estimate of drug-likeness (QED) is 0.505. The van der Waals surface area contributed by atoms with Gasteiger partial charge in [-0.15, -0.1) is 0 Å². The summed E-state index contributed by atoms with van der Waals surface area (Å²) in [6, 6.07) is 0. The van der Waals surface area contributed by atoms with Crippen molar-refractivity contribution in [1.82, 2.24) is 10.6 Å². The number of thioether (sulfide) groups is 1. The standard InChI is InChI=1S/C10H22N2OS2/c1-9(15-3)5-7-12-10(14)11-6-4-8-13-2/h9H,4-8H2,1-3H3,(H2,11,12,14). The number of hydrogen-bond acceptors (Lipinski definition) is 3. The monoisotopic (exact) mass is 250 g/mol. The molecule has 90 valence electrons. The molecule has 0 aromatic carbocycles. The van der Waals surface area contributed by atoms with E-state index in [1.54, 1.807) is 7.11 Å². The number of methoxy groups -OCH3 is 1. The van der Waals surface area contributed by atoms with Crippen molar-refractivity contribution in [3.05, 3.63) is 0 Å². The molecule has 0 heterocycles. The predicted octanol–water partition coefficient (Wildman–Crippen LogP) is 1.63. The van der Waals surface area contributed by atoms with Crippen LogP contribution in [0.25, 0.3) is 0 Å². The van der Waals surface area contributed by atoms with Crippen LogP contribution in [0.15, 0.2) is 0 Å². The van der Waals surface area contributed by atoms with Gasteiger partial charge < -0.3 is 15.4 Å². The molecule has 15 heavy (non-hydrogen) atoms. The fourth-order valence-electron chi connectivity index (χ4n) is 0.988. The van der Waals surface area contributed by atoms with E-state index in [-0.39, 0.29) is 0 Å². The van der Waals surface area contributed by atoms with Crippen molar-refractivity contribution in [3.8, 4) is 0 Å². The lowest BCUT2D eigenvalue weighted by Gasteiger charge is -2.12. The molecule has 0 rings (SSSR count). The Morgan fingerprint density at radius 3 is 2.67 bits per heavy atom. The van der Waals surface area contributed by atoms with Crippen LogP contribution in [0.5, 0.6) is 0 Å². The van der Waals surface area contributed by atoms with Crippen molar-refractivity contribution >= 4 is 29.1 Å². The van der Waals surface area contributed by atoms with Crippen molar-refractivity contribution in [2.24, 2.45) is 0 Å². The van der Waals surface area contributed by atoms with Gasteiger partial charge in [-0.1, -0.05) is 6.92 Å². The Kier molecular flexibility index (Phi) is 10.5. The molecule has 0 radical (unpaired) electrons. The van der Waals surface area contributed by atoms with Crippen LogP contribution in [-0.2, 0) is 4.74 Å². The molecule has 0 aromatic rings. The minimum atomic E-state index is 0.689. The SMILES string of the molecule is COCCCNC(=S)NCCC(C)SC.